The molecule has 0 saturated carbocycles. The minimum atomic E-state index is -1.29. The fourth-order valence-corrected chi connectivity index (χ4v) is 2.76. The van der Waals surface area contributed by atoms with Gasteiger partial charge in [-0.3, -0.25) is 0 Å². The molecule has 1 saturated heterocycles. The zero-order valence-corrected chi connectivity index (χ0v) is 14.3. The summed E-state index contributed by atoms with van der Waals surface area (Å²) in [6.07, 6.45) is 1.34. The third-order valence-corrected chi connectivity index (χ3v) is 4.07. The molecule has 0 bridgehead atoms. The molecule has 0 radical (unpaired) electrons. The quantitative estimate of drug-likeness (QED) is 0.363. The van der Waals surface area contributed by atoms with Gasteiger partial charge < -0.3 is 14.2 Å². The predicted molar refractivity (Wildman–Crippen MR) is 90.0 cm³/mol. The fourth-order valence-electron chi connectivity index (χ4n) is 2.16. The molecular formula is C18H14O6S. The highest BCUT2D eigenvalue weighted by molar-refractivity contribution is 7.12. The lowest BCUT2D eigenvalue weighted by molar-refractivity contribution is -0.222. The Balaban J connectivity index is 1.81. The number of thiophene rings is 1. The first-order valence-electron chi connectivity index (χ1n) is 7.38. The number of esters is 3. The highest BCUT2D eigenvalue weighted by Crippen LogP contribution is 2.25. The van der Waals surface area contributed by atoms with Crippen LogP contribution < -0.4 is 4.74 Å². The molecule has 128 valence electrons. The molecule has 0 atom stereocenters. The van der Waals surface area contributed by atoms with Crippen molar-refractivity contribution in [3.05, 3.63) is 57.8 Å². The van der Waals surface area contributed by atoms with Gasteiger partial charge in [0.2, 0.25) is 0 Å². The van der Waals surface area contributed by atoms with Crippen LogP contribution in [0.1, 0.15) is 29.1 Å². The SMILES string of the molecule is CC1(C)OC(=O)C(=Cc2cccc(OC(=O)c3cccs3)c2)C(=O)O1. The summed E-state index contributed by atoms with van der Waals surface area (Å²) in [7, 11) is 0. The summed E-state index contributed by atoms with van der Waals surface area (Å²) in [6.45, 7) is 2.95. The minimum Gasteiger partial charge on any atom is -0.422 e. The van der Waals surface area contributed by atoms with Crippen LogP contribution in [-0.2, 0) is 19.1 Å². The normalized spacial score (nSPS) is 16.0. The van der Waals surface area contributed by atoms with E-state index in [1.807, 2.05) is 0 Å². The number of carbonyl (C=O) groups excluding carboxylic acids is 3. The van der Waals surface area contributed by atoms with Gasteiger partial charge >= 0.3 is 17.9 Å². The Morgan fingerprint density at radius 1 is 1.12 bits per heavy atom. The smallest absolute Gasteiger partial charge is 0.353 e. The van der Waals surface area contributed by atoms with Crippen LogP contribution >= 0.6 is 11.3 Å². The van der Waals surface area contributed by atoms with Gasteiger partial charge in [0.05, 0.1) is 0 Å². The van der Waals surface area contributed by atoms with Crippen molar-refractivity contribution in [1.82, 2.24) is 0 Å². The number of benzene rings is 1. The van der Waals surface area contributed by atoms with Crippen LogP contribution in [0.5, 0.6) is 5.75 Å². The molecule has 1 aliphatic heterocycles. The van der Waals surface area contributed by atoms with Crippen LogP contribution in [0.2, 0.25) is 0 Å². The summed E-state index contributed by atoms with van der Waals surface area (Å²) in [5.41, 5.74) is 0.279. The number of hydrogen-bond acceptors (Lipinski definition) is 7. The van der Waals surface area contributed by atoms with E-state index >= 15 is 0 Å². The molecule has 1 aromatic carbocycles. The van der Waals surface area contributed by atoms with E-state index in [9.17, 15) is 14.4 Å². The molecule has 0 N–H and O–H groups in total. The van der Waals surface area contributed by atoms with Crippen LogP contribution in [0.4, 0.5) is 0 Å². The van der Waals surface area contributed by atoms with Gasteiger partial charge in [-0.15, -0.1) is 11.3 Å². The van der Waals surface area contributed by atoms with Gasteiger partial charge in [-0.1, -0.05) is 18.2 Å². The molecule has 6 nitrogen and oxygen atoms in total. The Morgan fingerprint density at radius 3 is 2.48 bits per heavy atom. The number of rotatable bonds is 3. The zero-order valence-electron chi connectivity index (χ0n) is 13.5. The Labute approximate surface area is 147 Å². The number of carbonyl (C=O) groups is 3. The monoisotopic (exact) mass is 358 g/mol. The topological polar surface area (TPSA) is 78.9 Å². The predicted octanol–water partition coefficient (Wildman–Crippen LogP) is 3.19. The number of hydrogen-bond donors (Lipinski definition) is 0. The molecule has 1 fully saturated rings. The summed E-state index contributed by atoms with van der Waals surface area (Å²) >= 11 is 1.27. The standard InChI is InChI=1S/C18H14O6S/c1-18(2)23-15(19)13(16(20)24-18)10-11-5-3-6-12(9-11)22-17(21)14-7-4-8-25-14/h3-10H,1-2H3. The third kappa shape index (κ3) is 3.95. The lowest BCUT2D eigenvalue weighted by Crippen LogP contribution is -2.41. The van der Waals surface area contributed by atoms with Gasteiger partial charge in [0.25, 0.3) is 5.79 Å². The van der Waals surface area contributed by atoms with E-state index in [1.54, 1.807) is 41.8 Å². The molecule has 0 aliphatic carbocycles. The molecule has 2 aromatic rings. The van der Waals surface area contributed by atoms with Crippen molar-refractivity contribution in [2.45, 2.75) is 19.6 Å². The maximum atomic E-state index is 12.0. The van der Waals surface area contributed by atoms with E-state index in [0.29, 0.717) is 16.2 Å². The Bertz CT molecular complexity index is 841. The highest BCUT2D eigenvalue weighted by Gasteiger charge is 2.38. The van der Waals surface area contributed by atoms with Crippen LogP contribution in [0, 0.1) is 0 Å². The Kier molecular flexibility index (Phi) is 4.41. The molecule has 1 aliphatic rings. The maximum absolute atomic E-state index is 12.0. The van der Waals surface area contributed by atoms with Crippen molar-refractivity contribution in [3.8, 4) is 5.75 Å². The maximum Gasteiger partial charge on any atom is 0.353 e. The van der Waals surface area contributed by atoms with Gasteiger partial charge in [-0.05, 0) is 35.2 Å². The van der Waals surface area contributed by atoms with Crippen LogP contribution in [-0.4, -0.2) is 23.7 Å². The minimum absolute atomic E-state index is 0.221. The van der Waals surface area contributed by atoms with E-state index in [2.05, 4.69) is 0 Å². The van der Waals surface area contributed by atoms with E-state index in [1.165, 1.54) is 31.3 Å². The summed E-state index contributed by atoms with van der Waals surface area (Å²) in [4.78, 5) is 36.4. The summed E-state index contributed by atoms with van der Waals surface area (Å²) in [5.74, 6) is -2.99. The second-order valence-electron chi connectivity index (χ2n) is 5.68. The van der Waals surface area contributed by atoms with Crippen LogP contribution in [0.25, 0.3) is 6.08 Å². The number of cyclic esters (lactones) is 2. The molecule has 0 amide bonds. The molecule has 0 spiro atoms. The van der Waals surface area contributed by atoms with Gasteiger partial charge in [-0.25, -0.2) is 14.4 Å². The van der Waals surface area contributed by atoms with Gasteiger partial charge in [0.1, 0.15) is 16.2 Å². The van der Waals surface area contributed by atoms with E-state index in [4.69, 9.17) is 14.2 Å². The largest absolute Gasteiger partial charge is 0.422 e. The average molecular weight is 358 g/mol. The van der Waals surface area contributed by atoms with E-state index in [-0.39, 0.29) is 5.57 Å². The summed E-state index contributed by atoms with van der Waals surface area (Å²) in [6, 6.07) is 9.87. The lowest BCUT2D eigenvalue weighted by Gasteiger charge is -2.29. The number of ether oxygens (including phenoxy) is 3. The van der Waals surface area contributed by atoms with Crippen LogP contribution in [0.3, 0.4) is 0 Å². The second-order valence-corrected chi connectivity index (χ2v) is 6.62. The van der Waals surface area contributed by atoms with Gasteiger partial charge in [-0.2, -0.15) is 0 Å². The highest BCUT2D eigenvalue weighted by atomic mass is 32.1. The lowest BCUT2D eigenvalue weighted by atomic mass is 10.1. The zero-order chi connectivity index (χ0) is 18.0. The van der Waals surface area contributed by atoms with Crippen molar-refractivity contribution in [3.63, 3.8) is 0 Å². The molecule has 2 heterocycles. The Hall–Kier alpha value is -2.93. The fraction of sp³-hybridized carbons (Fsp3) is 0.167. The molecular weight excluding hydrogens is 344 g/mol. The molecule has 1 aromatic heterocycles. The van der Waals surface area contributed by atoms with Crippen molar-refractivity contribution in [2.75, 3.05) is 0 Å². The average Bonchev–Trinajstić information content (AvgIpc) is 3.05. The molecule has 25 heavy (non-hydrogen) atoms. The second kappa shape index (κ2) is 6.52. The van der Waals surface area contributed by atoms with Crippen molar-refractivity contribution >= 4 is 35.3 Å². The first kappa shape index (κ1) is 16.9. The molecule has 3 rings (SSSR count). The Morgan fingerprint density at radius 2 is 1.84 bits per heavy atom. The summed E-state index contributed by atoms with van der Waals surface area (Å²) < 4.78 is 15.4. The van der Waals surface area contributed by atoms with Gasteiger partial charge in [0, 0.05) is 13.8 Å². The molecule has 0 unspecified atom stereocenters. The third-order valence-electron chi connectivity index (χ3n) is 3.22. The molecule has 7 heteroatoms. The van der Waals surface area contributed by atoms with E-state index in [0.717, 1.165) is 0 Å². The van der Waals surface area contributed by atoms with Gasteiger partial charge in [0.15, 0.2) is 0 Å². The van der Waals surface area contributed by atoms with E-state index < -0.39 is 23.7 Å². The first-order chi connectivity index (χ1) is 11.8. The van der Waals surface area contributed by atoms with Crippen molar-refractivity contribution in [1.29, 1.82) is 0 Å². The van der Waals surface area contributed by atoms with Crippen molar-refractivity contribution in [2.24, 2.45) is 0 Å². The van der Waals surface area contributed by atoms with Crippen LogP contribution in [0.15, 0.2) is 47.4 Å². The summed E-state index contributed by atoms with van der Waals surface area (Å²) in [5, 5.41) is 1.78. The van der Waals surface area contributed by atoms with Crippen molar-refractivity contribution < 1.29 is 28.6 Å². The first-order valence-corrected chi connectivity index (χ1v) is 8.26.